The number of H-pyrrole nitrogens is 1. The number of aromatic carboxylic acids is 1. The van der Waals surface area contributed by atoms with Crippen LogP contribution in [0.4, 0.5) is 35.1 Å². The fourth-order valence-corrected chi connectivity index (χ4v) is 1.31. The Morgan fingerprint density at radius 2 is 1.65 bits per heavy atom. The molecule has 0 saturated heterocycles. The van der Waals surface area contributed by atoms with Gasteiger partial charge in [-0.15, -0.1) is 0 Å². The largest absolute Gasteiger partial charge is 0.476 e. The summed E-state index contributed by atoms with van der Waals surface area (Å²) in [7, 11) is 0. The lowest BCUT2D eigenvalue weighted by Crippen LogP contribution is -2.35. The predicted molar refractivity (Wildman–Crippen MR) is 45.3 cm³/mol. The molecule has 0 amide bonds. The molecule has 0 aliphatic rings. The van der Waals surface area contributed by atoms with Gasteiger partial charge in [0.25, 0.3) is 6.43 Å². The zero-order valence-electron chi connectivity index (χ0n) is 8.98. The smallest absolute Gasteiger partial charge is 0.420 e. The fraction of sp³-hybridized carbons (Fsp3) is 0.500. The van der Waals surface area contributed by atoms with Gasteiger partial charge in [-0.1, -0.05) is 0 Å². The number of halogens is 8. The Morgan fingerprint density at radius 3 is 2.00 bits per heavy atom. The average molecular weight is 312 g/mol. The van der Waals surface area contributed by atoms with Crippen LogP contribution in [0.15, 0.2) is 0 Å². The van der Waals surface area contributed by atoms with Gasteiger partial charge in [0.15, 0.2) is 5.69 Å². The maximum atomic E-state index is 13.2. The second kappa shape index (κ2) is 4.90. The third-order valence-corrected chi connectivity index (χ3v) is 2.15. The zero-order chi connectivity index (χ0) is 15.9. The summed E-state index contributed by atoms with van der Waals surface area (Å²) in [5.41, 5.74) is -6.73. The Kier molecular flexibility index (Phi) is 3.97. The first-order valence-electron chi connectivity index (χ1n) is 4.60. The third-order valence-electron chi connectivity index (χ3n) is 2.15. The van der Waals surface area contributed by atoms with E-state index < -0.39 is 47.6 Å². The summed E-state index contributed by atoms with van der Waals surface area (Å²) < 4.78 is 101. The maximum Gasteiger partial charge on any atom is 0.420 e. The van der Waals surface area contributed by atoms with E-state index in [1.54, 1.807) is 0 Å². The highest BCUT2D eigenvalue weighted by molar-refractivity contribution is 5.87. The van der Waals surface area contributed by atoms with Crippen LogP contribution in [0.5, 0.6) is 0 Å². The third kappa shape index (κ3) is 2.67. The Balaban J connectivity index is 3.50. The number of aromatic nitrogens is 2. The van der Waals surface area contributed by atoms with Crippen LogP contribution in [0.25, 0.3) is 0 Å². The van der Waals surface area contributed by atoms with E-state index in [0.717, 1.165) is 5.10 Å². The van der Waals surface area contributed by atoms with Crippen molar-refractivity contribution < 1.29 is 45.0 Å². The van der Waals surface area contributed by atoms with Gasteiger partial charge >= 0.3 is 18.1 Å². The minimum Gasteiger partial charge on any atom is -0.476 e. The van der Waals surface area contributed by atoms with Gasteiger partial charge in [0.1, 0.15) is 11.3 Å². The van der Waals surface area contributed by atoms with Gasteiger partial charge < -0.3 is 5.11 Å². The molecule has 20 heavy (non-hydrogen) atoms. The first-order chi connectivity index (χ1) is 8.90. The summed E-state index contributed by atoms with van der Waals surface area (Å²) in [5, 5.41) is 11.8. The first-order valence-corrected chi connectivity index (χ1v) is 4.60. The highest BCUT2D eigenvalue weighted by atomic mass is 19.4. The molecule has 0 radical (unpaired) electrons. The molecule has 2 N–H and O–H groups in total. The molecule has 0 aliphatic heterocycles. The molecule has 1 atom stereocenters. The van der Waals surface area contributed by atoms with Crippen molar-refractivity contribution >= 4 is 5.97 Å². The van der Waals surface area contributed by atoms with Crippen LogP contribution in [-0.4, -0.2) is 33.9 Å². The van der Waals surface area contributed by atoms with E-state index in [0.29, 0.717) is 0 Å². The molecule has 0 saturated carbocycles. The van der Waals surface area contributed by atoms with Crippen molar-refractivity contribution in [3.8, 4) is 0 Å². The van der Waals surface area contributed by atoms with Crippen LogP contribution in [0.1, 0.15) is 21.7 Å². The number of hydrogen-bond acceptors (Lipinski definition) is 2. The number of carbonyl (C=O) groups is 1. The van der Waals surface area contributed by atoms with E-state index in [9.17, 15) is 39.9 Å². The lowest BCUT2D eigenvalue weighted by molar-refractivity contribution is -0.157. The van der Waals surface area contributed by atoms with Gasteiger partial charge in [0.05, 0.1) is 0 Å². The molecule has 1 heterocycles. The Labute approximate surface area is 104 Å². The molecule has 0 aliphatic carbocycles. The fourth-order valence-electron chi connectivity index (χ4n) is 1.31. The van der Waals surface area contributed by atoms with Crippen molar-refractivity contribution in [2.24, 2.45) is 0 Å². The molecular weight excluding hydrogens is 308 g/mol. The highest BCUT2D eigenvalue weighted by Crippen LogP contribution is 2.43. The first kappa shape index (κ1) is 16.2. The molecule has 0 bridgehead atoms. The normalized spacial score (nSPS) is 14.7. The van der Waals surface area contributed by atoms with Crippen molar-refractivity contribution in [2.45, 2.75) is 24.7 Å². The molecule has 1 aromatic rings. The van der Waals surface area contributed by atoms with Gasteiger partial charge in [0, 0.05) is 0 Å². The molecule has 12 heteroatoms. The standard InChI is InChI=1S/C8H4F8N2O2/c9-3(5(10)11)7(12,13)4-1(8(14,15)16)2(6(19)20)17-18-4/h3,5H,(H,17,18)(H,19,20). The zero-order valence-corrected chi connectivity index (χ0v) is 8.98. The Bertz CT molecular complexity index is 509. The second-order valence-corrected chi connectivity index (χ2v) is 3.48. The molecule has 1 unspecified atom stereocenters. The number of nitrogens with one attached hydrogen (secondary N) is 1. The summed E-state index contributed by atoms with van der Waals surface area (Å²) in [6.45, 7) is 0. The van der Waals surface area contributed by atoms with Gasteiger partial charge in [-0.2, -0.15) is 27.1 Å². The lowest BCUT2D eigenvalue weighted by atomic mass is 10.0. The molecule has 4 nitrogen and oxygen atoms in total. The van der Waals surface area contributed by atoms with Crippen LogP contribution in [0.2, 0.25) is 0 Å². The number of carboxylic acid groups (broad SMARTS) is 1. The number of nitrogens with zero attached hydrogens (tertiary/aromatic N) is 1. The van der Waals surface area contributed by atoms with E-state index in [-0.39, 0.29) is 0 Å². The quantitative estimate of drug-likeness (QED) is 0.840. The van der Waals surface area contributed by atoms with Crippen LogP contribution < -0.4 is 0 Å². The lowest BCUT2D eigenvalue weighted by Gasteiger charge is -2.20. The van der Waals surface area contributed by atoms with Crippen molar-refractivity contribution in [1.29, 1.82) is 0 Å². The summed E-state index contributed by atoms with van der Waals surface area (Å²) in [4.78, 5) is 10.4. The summed E-state index contributed by atoms with van der Waals surface area (Å²) in [6.07, 6.45) is -14.2. The van der Waals surface area contributed by atoms with Crippen molar-refractivity contribution in [3.63, 3.8) is 0 Å². The minimum atomic E-state index is -5.65. The van der Waals surface area contributed by atoms with Crippen LogP contribution in [0.3, 0.4) is 0 Å². The van der Waals surface area contributed by atoms with Gasteiger partial charge in [-0.25, -0.2) is 18.0 Å². The Morgan fingerprint density at radius 1 is 1.15 bits per heavy atom. The summed E-state index contributed by atoms with van der Waals surface area (Å²) in [6, 6.07) is 0. The van der Waals surface area contributed by atoms with Gasteiger partial charge in [-0.3, -0.25) is 5.10 Å². The van der Waals surface area contributed by atoms with E-state index in [4.69, 9.17) is 5.11 Å². The maximum absolute atomic E-state index is 13.2. The van der Waals surface area contributed by atoms with E-state index in [2.05, 4.69) is 5.10 Å². The van der Waals surface area contributed by atoms with Crippen LogP contribution in [-0.2, 0) is 12.1 Å². The van der Waals surface area contributed by atoms with Crippen LogP contribution in [0, 0.1) is 0 Å². The van der Waals surface area contributed by atoms with Crippen LogP contribution >= 0.6 is 0 Å². The molecular formula is C8H4F8N2O2. The average Bonchev–Trinajstić information content (AvgIpc) is 2.72. The van der Waals surface area contributed by atoms with Gasteiger partial charge in [-0.05, 0) is 0 Å². The predicted octanol–water partition coefficient (Wildman–Crippen LogP) is 2.82. The molecule has 0 aromatic carbocycles. The monoisotopic (exact) mass is 312 g/mol. The van der Waals surface area contributed by atoms with E-state index >= 15 is 0 Å². The number of alkyl halides is 8. The number of rotatable bonds is 4. The van der Waals surface area contributed by atoms with Crippen molar-refractivity contribution in [2.75, 3.05) is 0 Å². The number of aromatic amines is 1. The molecule has 0 fully saturated rings. The number of carboxylic acids is 1. The topological polar surface area (TPSA) is 66.0 Å². The number of hydrogen-bond donors (Lipinski definition) is 2. The molecule has 1 rings (SSSR count). The SMILES string of the molecule is O=C(O)c1n[nH]c(C(F)(F)C(F)C(F)F)c1C(F)(F)F. The van der Waals surface area contributed by atoms with E-state index in [1.165, 1.54) is 0 Å². The molecule has 1 aromatic heterocycles. The van der Waals surface area contributed by atoms with E-state index in [1.807, 2.05) is 0 Å². The molecule has 0 spiro atoms. The minimum absolute atomic E-state index is 0.964. The van der Waals surface area contributed by atoms with Crippen molar-refractivity contribution in [1.82, 2.24) is 10.2 Å². The molecule has 114 valence electrons. The van der Waals surface area contributed by atoms with Gasteiger partial charge in [0.2, 0.25) is 6.17 Å². The highest BCUT2D eigenvalue weighted by Gasteiger charge is 2.55. The summed E-state index contributed by atoms with van der Waals surface area (Å²) >= 11 is 0. The van der Waals surface area contributed by atoms with Crippen molar-refractivity contribution in [3.05, 3.63) is 17.0 Å². The summed E-state index contributed by atoms with van der Waals surface area (Å²) in [5.74, 6) is -7.62. The Hall–Kier alpha value is -1.88. The second-order valence-electron chi connectivity index (χ2n) is 3.48.